The first-order chi connectivity index (χ1) is 16.2. The Bertz CT molecular complexity index is 1130. The fourth-order valence-electron chi connectivity index (χ4n) is 4.95. The molecule has 5 rings (SSSR count). The van der Waals surface area contributed by atoms with Crippen LogP contribution >= 0.6 is 0 Å². The summed E-state index contributed by atoms with van der Waals surface area (Å²) >= 11 is 0. The number of aromatic nitrogens is 1. The molecule has 2 fully saturated rings. The molecule has 1 N–H and O–H groups in total. The highest BCUT2D eigenvalue weighted by molar-refractivity contribution is 6.07. The monoisotopic (exact) mass is 442 g/mol. The summed E-state index contributed by atoms with van der Waals surface area (Å²) in [5.41, 5.74) is 1.70. The van der Waals surface area contributed by atoms with Gasteiger partial charge in [-0.05, 0) is 54.2 Å². The van der Waals surface area contributed by atoms with Crippen LogP contribution in [0.25, 0.3) is 10.8 Å². The molecule has 0 spiro atoms. The molecule has 2 aromatic carbocycles. The van der Waals surface area contributed by atoms with Crippen molar-refractivity contribution in [2.45, 2.75) is 32.2 Å². The third-order valence-electron chi connectivity index (χ3n) is 6.81. The zero-order chi connectivity index (χ0) is 22.6. The summed E-state index contributed by atoms with van der Waals surface area (Å²) in [5, 5.41) is 5.07. The van der Waals surface area contributed by atoms with Crippen molar-refractivity contribution in [2.75, 3.05) is 31.1 Å². The lowest BCUT2D eigenvalue weighted by molar-refractivity contribution is -0.126. The molecule has 170 valence electrons. The van der Waals surface area contributed by atoms with Crippen molar-refractivity contribution < 1.29 is 9.59 Å². The van der Waals surface area contributed by atoms with Crippen molar-refractivity contribution in [3.05, 3.63) is 71.9 Å². The van der Waals surface area contributed by atoms with Crippen LogP contribution in [0.2, 0.25) is 0 Å². The maximum Gasteiger partial charge on any atom is 0.254 e. The predicted octanol–water partition coefficient (Wildman–Crippen LogP) is 4.00. The molecule has 1 unspecified atom stereocenters. The highest BCUT2D eigenvalue weighted by atomic mass is 16.2. The van der Waals surface area contributed by atoms with E-state index in [0.717, 1.165) is 48.1 Å². The molecule has 2 saturated heterocycles. The van der Waals surface area contributed by atoms with Gasteiger partial charge >= 0.3 is 0 Å². The zero-order valence-corrected chi connectivity index (χ0v) is 18.9. The molecule has 2 aliphatic rings. The van der Waals surface area contributed by atoms with Gasteiger partial charge in [0.15, 0.2) is 0 Å². The van der Waals surface area contributed by atoms with Crippen LogP contribution < -0.4 is 10.2 Å². The molecular formula is C27H30N4O2. The number of hydrogen-bond donors (Lipinski definition) is 1. The molecule has 0 bridgehead atoms. The maximum absolute atomic E-state index is 13.3. The Morgan fingerprint density at radius 2 is 1.76 bits per heavy atom. The minimum absolute atomic E-state index is 0.00556. The summed E-state index contributed by atoms with van der Waals surface area (Å²) in [4.78, 5) is 34.9. The van der Waals surface area contributed by atoms with Crippen molar-refractivity contribution in [1.29, 1.82) is 0 Å². The van der Waals surface area contributed by atoms with E-state index >= 15 is 0 Å². The topological polar surface area (TPSA) is 65.5 Å². The van der Waals surface area contributed by atoms with E-state index < -0.39 is 0 Å². The molecule has 1 aromatic heterocycles. The number of carbonyl (C=O) groups is 2. The van der Waals surface area contributed by atoms with Gasteiger partial charge in [-0.3, -0.25) is 9.59 Å². The number of pyridine rings is 1. The van der Waals surface area contributed by atoms with E-state index in [9.17, 15) is 9.59 Å². The van der Waals surface area contributed by atoms with Crippen LogP contribution in [0, 0.1) is 5.92 Å². The van der Waals surface area contributed by atoms with E-state index in [1.165, 1.54) is 12.8 Å². The van der Waals surface area contributed by atoms with Gasteiger partial charge < -0.3 is 15.1 Å². The summed E-state index contributed by atoms with van der Waals surface area (Å²) in [6.07, 6.45) is 5.94. The van der Waals surface area contributed by atoms with Crippen LogP contribution in [0.1, 0.15) is 41.6 Å². The number of rotatable bonds is 5. The first-order valence-corrected chi connectivity index (χ1v) is 11.9. The fourth-order valence-corrected chi connectivity index (χ4v) is 4.95. The Morgan fingerprint density at radius 3 is 2.58 bits per heavy atom. The second-order valence-corrected chi connectivity index (χ2v) is 9.05. The van der Waals surface area contributed by atoms with Gasteiger partial charge in [-0.2, -0.15) is 0 Å². The Morgan fingerprint density at radius 1 is 0.939 bits per heavy atom. The number of hydrogen-bond acceptors (Lipinski definition) is 4. The molecule has 33 heavy (non-hydrogen) atoms. The molecule has 2 amide bonds. The van der Waals surface area contributed by atoms with E-state index in [1.807, 2.05) is 65.7 Å². The number of carbonyl (C=O) groups excluding carboxylic acids is 2. The highest BCUT2D eigenvalue weighted by Gasteiger charge is 2.29. The van der Waals surface area contributed by atoms with Crippen LogP contribution in [-0.4, -0.2) is 47.9 Å². The summed E-state index contributed by atoms with van der Waals surface area (Å²) in [7, 11) is 0. The minimum Gasteiger partial charge on any atom is -0.357 e. The molecule has 6 nitrogen and oxygen atoms in total. The first-order valence-electron chi connectivity index (χ1n) is 11.9. The smallest absolute Gasteiger partial charge is 0.254 e. The molecule has 2 aliphatic heterocycles. The maximum atomic E-state index is 13.3. The van der Waals surface area contributed by atoms with E-state index in [4.69, 9.17) is 0 Å². The van der Waals surface area contributed by atoms with Gasteiger partial charge in [-0.1, -0.05) is 42.5 Å². The van der Waals surface area contributed by atoms with Crippen molar-refractivity contribution in [3.63, 3.8) is 0 Å². The predicted molar refractivity (Wildman–Crippen MR) is 130 cm³/mol. The van der Waals surface area contributed by atoms with Crippen LogP contribution in [0.4, 0.5) is 5.82 Å². The van der Waals surface area contributed by atoms with Crippen LogP contribution in [0.15, 0.2) is 60.8 Å². The number of fused-ring (bicyclic) bond motifs is 1. The quantitative estimate of drug-likeness (QED) is 0.649. The SMILES string of the molecule is O=C(NCc1ccc(N2CCCC2)nc1)C1CCCN(C(=O)c2cccc3ccccc23)C1. The van der Waals surface area contributed by atoms with Crippen molar-refractivity contribution >= 4 is 28.4 Å². The lowest BCUT2D eigenvalue weighted by Gasteiger charge is -2.32. The van der Waals surface area contributed by atoms with Crippen LogP contribution in [0.5, 0.6) is 0 Å². The van der Waals surface area contributed by atoms with Crippen LogP contribution in [-0.2, 0) is 11.3 Å². The third kappa shape index (κ3) is 4.70. The fraction of sp³-hybridized carbons (Fsp3) is 0.370. The van der Waals surface area contributed by atoms with Gasteiger partial charge in [0.25, 0.3) is 5.91 Å². The minimum atomic E-state index is -0.186. The molecule has 0 aliphatic carbocycles. The van der Waals surface area contributed by atoms with E-state index in [0.29, 0.717) is 25.2 Å². The number of nitrogens with zero attached hydrogens (tertiary/aromatic N) is 3. The van der Waals surface area contributed by atoms with Crippen molar-refractivity contribution in [1.82, 2.24) is 15.2 Å². The molecule has 0 radical (unpaired) electrons. The largest absolute Gasteiger partial charge is 0.357 e. The van der Waals surface area contributed by atoms with Crippen molar-refractivity contribution in [3.8, 4) is 0 Å². The summed E-state index contributed by atoms with van der Waals surface area (Å²) in [6, 6.07) is 17.8. The summed E-state index contributed by atoms with van der Waals surface area (Å²) in [6.45, 7) is 3.74. The second kappa shape index (κ2) is 9.61. The Kier molecular flexibility index (Phi) is 6.24. The van der Waals surface area contributed by atoms with Gasteiger partial charge in [-0.25, -0.2) is 4.98 Å². The number of benzene rings is 2. The summed E-state index contributed by atoms with van der Waals surface area (Å²) in [5.74, 6) is 0.840. The zero-order valence-electron chi connectivity index (χ0n) is 18.9. The normalized spacial score (nSPS) is 18.5. The van der Waals surface area contributed by atoms with Crippen LogP contribution in [0.3, 0.4) is 0 Å². The standard InChI is InChI=1S/C27H30N4O2/c32-26(29-18-20-12-13-25(28-17-20)30-14-3-4-15-30)22-9-6-16-31(19-22)27(33)24-11-5-8-21-7-1-2-10-23(21)24/h1-2,5,7-8,10-13,17,22H,3-4,6,9,14-16,18-19H2,(H,29,32). The average molecular weight is 443 g/mol. The number of nitrogens with one attached hydrogen (secondary N) is 1. The first kappa shape index (κ1) is 21.4. The number of anilines is 1. The molecule has 6 heteroatoms. The molecular weight excluding hydrogens is 412 g/mol. The molecule has 3 aromatic rings. The average Bonchev–Trinajstić information content (AvgIpc) is 3.42. The lowest BCUT2D eigenvalue weighted by Crippen LogP contribution is -2.45. The molecule has 1 atom stereocenters. The number of amides is 2. The molecule has 0 saturated carbocycles. The Hall–Kier alpha value is -3.41. The highest BCUT2D eigenvalue weighted by Crippen LogP contribution is 2.24. The Labute approximate surface area is 194 Å². The number of likely N-dealkylation sites (tertiary alicyclic amines) is 1. The van der Waals surface area contributed by atoms with Crippen molar-refractivity contribution in [2.24, 2.45) is 5.92 Å². The van der Waals surface area contributed by atoms with E-state index in [-0.39, 0.29) is 17.7 Å². The Balaban J connectivity index is 1.19. The van der Waals surface area contributed by atoms with Gasteiger partial charge in [0.05, 0.1) is 5.92 Å². The lowest BCUT2D eigenvalue weighted by atomic mass is 9.95. The van der Waals surface area contributed by atoms with E-state index in [1.54, 1.807) is 0 Å². The van der Waals surface area contributed by atoms with Gasteiger partial charge in [0.1, 0.15) is 5.82 Å². The second-order valence-electron chi connectivity index (χ2n) is 9.05. The molecule has 3 heterocycles. The van der Waals surface area contributed by atoms with Gasteiger partial charge in [0.2, 0.25) is 5.91 Å². The third-order valence-corrected chi connectivity index (χ3v) is 6.81. The van der Waals surface area contributed by atoms with Gasteiger partial charge in [-0.15, -0.1) is 0 Å². The van der Waals surface area contributed by atoms with E-state index in [2.05, 4.69) is 15.2 Å². The van der Waals surface area contributed by atoms with Gasteiger partial charge in [0, 0.05) is 44.5 Å². The number of piperidine rings is 1. The summed E-state index contributed by atoms with van der Waals surface area (Å²) < 4.78 is 0.